The van der Waals surface area contributed by atoms with E-state index in [1.165, 1.54) is 73.8 Å². The third-order valence-corrected chi connectivity index (χ3v) is 7.33. The molecule has 4 heteroatoms. The molecule has 1 fully saturated rings. The standard InChI is InChI=1S/C20H28N2.C13H15NO.C2H6/c1-16(2)20-19-15-17(8-9-18(19)10-11-21-20)7-6-14-22-12-4-3-5-13-22;1-9(2)12-13(15-3)11-7-5-4-6-10(11)8-14-12;1-2/h8-11,15-16H,3-7,12-14H2,1-2H3;4-9H,1-3H3;1-2H3. The molecule has 5 rings (SSSR count). The van der Waals surface area contributed by atoms with Gasteiger partial charge < -0.3 is 9.64 Å². The summed E-state index contributed by atoms with van der Waals surface area (Å²) >= 11 is 0. The van der Waals surface area contributed by atoms with Gasteiger partial charge in [0, 0.05) is 28.6 Å². The lowest BCUT2D eigenvalue weighted by Gasteiger charge is -2.26. The SMILES string of the molecule is CC.CC(C)c1nccc2ccc(CCCN3CCCCC3)cc12.COc1c(C(C)C)ncc2ccccc12. The van der Waals surface area contributed by atoms with Crippen LogP contribution in [0.1, 0.15) is 96.0 Å². The fourth-order valence-corrected chi connectivity index (χ4v) is 5.32. The van der Waals surface area contributed by atoms with Gasteiger partial charge in [-0.3, -0.25) is 9.97 Å². The number of hydrogen-bond acceptors (Lipinski definition) is 4. The lowest BCUT2D eigenvalue weighted by atomic mass is 9.98. The Bertz CT molecular complexity index is 1290. The first kappa shape index (κ1) is 30.6. The molecule has 0 spiro atoms. The smallest absolute Gasteiger partial charge is 0.148 e. The number of rotatable bonds is 7. The van der Waals surface area contributed by atoms with E-state index in [0.717, 1.165) is 22.2 Å². The molecule has 1 saturated heterocycles. The second kappa shape index (κ2) is 15.6. The van der Waals surface area contributed by atoms with Gasteiger partial charge in [0.05, 0.1) is 18.5 Å². The van der Waals surface area contributed by atoms with Crippen molar-refractivity contribution in [3.63, 3.8) is 0 Å². The average Bonchev–Trinajstić information content (AvgIpc) is 2.98. The number of nitrogens with zero attached hydrogens (tertiary/aromatic N) is 3. The van der Waals surface area contributed by atoms with E-state index in [1.54, 1.807) is 7.11 Å². The first-order chi connectivity index (χ1) is 19.0. The molecule has 0 amide bonds. The number of fused-ring (bicyclic) bond motifs is 2. The quantitative estimate of drug-likeness (QED) is 0.240. The summed E-state index contributed by atoms with van der Waals surface area (Å²) in [5.74, 6) is 1.76. The van der Waals surface area contributed by atoms with Gasteiger partial charge in [0.25, 0.3) is 0 Å². The monoisotopic (exact) mass is 527 g/mol. The van der Waals surface area contributed by atoms with Crippen LogP contribution in [0.25, 0.3) is 21.5 Å². The van der Waals surface area contributed by atoms with Gasteiger partial charge in [-0.2, -0.15) is 0 Å². The van der Waals surface area contributed by atoms with Crippen LogP contribution in [0.4, 0.5) is 0 Å². The van der Waals surface area contributed by atoms with Crippen molar-refractivity contribution in [2.24, 2.45) is 0 Å². The highest BCUT2D eigenvalue weighted by atomic mass is 16.5. The molecular weight excluding hydrogens is 478 g/mol. The Morgan fingerprint density at radius 1 is 0.795 bits per heavy atom. The summed E-state index contributed by atoms with van der Waals surface area (Å²) in [6.07, 6.45) is 10.5. The van der Waals surface area contributed by atoms with Crippen LogP contribution < -0.4 is 4.74 Å². The first-order valence-corrected chi connectivity index (χ1v) is 15.0. The summed E-state index contributed by atoms with van der Waals surface area (Å²) in [4.78, 5) is 11.7. The van der Waals surface area contributed by atoms with Gasteiger partial charge in [-0.25, -0.2) is 0 Å². The summed E-state index contributed by atoms with van der Waals surface area (Å²) in [5.41, 5.74) is 3.71. The highest BCUT2D eigenvalue weighted by molar-refractivity contribution is 5.88. The summed E-state index contributed by atoms with van der Waals surface area (Å²) in [6, 6.07) is 17.2. The van der Waals surface area contributed by atoms with Crippen molar-refractivity contribution < 1.29 is 4.74 Å². The van der Waals surface area contributed by atoms with Crippen molar-refractivity contribution in [3.8, 4) is 5.75 Å². The molecule has 0 aliphatic carbocycles. The summed E-state index contributed by atoms with van der Waals surface area (Å²) < 4.78 is 5.46. The summed E-state index contributed by atoms with van der Waals surface area (Å²) in [5, 5.41) is 4.92. The van der Waals surface area contributed by atoms with Crippen molar-refractivity contribution in [1.82, 2.24) is 14.9 Å². The number of hydrogen-bond donors (Lipinski definition) is 0. The maximum atomic E-state index is 5.46. The molecular formula is C35H49N3O. The third kappa shape index (κ3) is 8.25. The predicted molar refractivity (Wildman–Crippen MR) is 168 cm³/mol. The fraction of sp³-hybridized carbons (Fsp3) is 0.486. The molecule has 4 nitrogen and oxygen atoms in total. The van der Waals surface area contributed by atoms with Crippen LogP contribution in [-0.4, -0.2) is 41.6 Å². The van der Waals surface area contributed by atoms with Crippen LogP contribution in [0.5, 0.6) is 5.75 Å². The zero-order valence-corrected chi connectivity index (χ0v) is 25.3. The maximum Gasteiger partial charge on any atom is 0.148 e. The first-order valence-electron chi connectivity index (χ1n) is 15.0. The van der Waals surface area contributed by atoms with Gasteiger partial charge in [0.1, 0.15) is 5.75 Å². The molecule has 39 heavy (non-hydrogen) atoms. The molecule has 0 bridgehead atoms. The normalized spacial score (nSPS) is 13.7. The van der Waals surface area contributed by atoms with E-state index < -0.39 is 0 Å². The molecule has 210 valence electrons. The molecule has 0 saturated carbocycles. The van der Waals surface area contributed by atoms with Crippen LogP contribution >= 0.6 is 0 Å². The Balaban J connectivity index is 0.000000216. The van der Waals surface area contributed by atoms with Crippen molar-refractivity contribution in [2.75, 3.05) is 26.7 Å². The number of aromatic nitrogens is 2. The molecule has 1 aliphatic heterocycles. The van der Waals surface area contributed by atoms with E-state index in [0.29, 0.717) is 11.8 Å². The van der Waals surface area contributed by atoms with Crippen LogP contribution in [-0.2, 0) is 6.42 Å². The van der Waals surface area contributed by atoms with E-state index >= 15 is 0 Å². The molecule has 0 radical (unpaired) electrons. The van der Waals surface area contributed by atoms with E-state index in [1.807, 2.05) is 38.4 Å². The minimum absolute atomic E-state index is 0.379. The lowest BCUT2D eigenvalue weighted by Crippen LogP contribution is -2.30. The van der Waals surface area contributed by atoms with Crippen molar-refractivity contribution >= 4 is 21.5 Å². The number of methoxy groups -OCH3 is 1. The van der Waals surface area contributed by atoms with Gasteiger partial charge in [-0.05, 0) is 80.2 Å². The summed E-state index contributed by atoms with van der Waals surface area (Å²) in [6.45, 7) is 16.6. The van der Waals surface area contributed by atoms with Crippen LogP contribution in [0.3, 0.4) is 0 Å². The largest absolute Gasteiger partial charge is 0.494 e. The Labute approximate surface area is 236 Å². The number of likely N-dealkylation sites (tertiary alicyclic amines) is 1. The van der Waals surface area contributed by atoms with Crippen molar-refractivity contribution in [2.45, 2.75) is 85.5 Å². The van der Waals surface area contributed by atoms with Gasteiger partial charge in [0.2, 0.25) is 0 Å². The molecule has 2 aromatic heterocycles. The molecule has 2 aromatic carbocycles. The number of pyridine rings is 2. The second-order valence-corrected chi connectivity index (χ2v) is 10.8. The minimum atomic E-state index is 0.379. The summed E-state index contributed by atoms with van der Waals surface area (Å²) in [7, 11) is 1.70. The Kier molecular flexibility index (Phi) is 12.2. The number of benzene rings is 2. The number of ether oxygens (including phenoxy) is 1. The van der Waals surface area contributed by atoms with E-state index in [2.05, 4.69) is 79.0 Å². The molecule has 0 atom stereocenters. The number of aryl methyl sites for hydroxylation is 1. The van der Waals surface area contributed by atoms with Crippen LogP contribution in [0, 0.1) is 0 Å². The molecule has 0 N–H and O–H groups in total. The lowest BCUT2D eigenvalue weighted by molar-refractivity contribution is 0.226. The topological polar surface area (TPSA) is 38.2 Å². The van der Waals surface area contributed by atoms with E-state index in [9.17, 15) is 0 Å². The molecule has 0 unspecified atom stereocenters. The highest BCUT2D eigenvalue weighted by Crippen LogP contribution is 2.32. The molecule has 3 heterocycles. The second-order valence-electron chi connectivity index (χ2n) is 10.8. The maximum absolute atomic E-state index is 5.46. The Morgan fingerprint density at radius 2 is 1.51 bits per heavy atom. The predicted octanol–water partition coefficient (Wildman–Crippen LogP) is 9.17. The van der Waals surface area contributed by atoms with Crippen LogP contribution in [0.15, 0.2) is 60.9 Å². The van der Waals surface area contributed by atoms with Crippen molar-refractivity contribution in [3.05, 3.63) is 77.9 Å². The fourth-order valence-electron chi connectivity index (χ4n) is 5.32. The third-order valence-electron chi connectivity index (χ3n) is 7.33. The number of piperidine rings is 1. The van der Waals surface area contributed by atoms with E-state index in [-0.39, 0.29) is 0 Å². The Hall–Kier alpha value is -2.98. The van der Waals surface area contributed by atoms with Gasteiger partial charge in [-0.1, -0.05) is 84.4 Å². The average molecular weight is 528 g/mol. The van der Waals surface area contributed by atoms with Crippen molar-refractivity contribution in [1.29, 1.82) is 0 Å². The van der Waals surface area contributed by atoms with E-state index in [4.69, 9.17) is 4.74 Å². The zero-order valence-electron chi connectivity index (χ0n) is 25.3. The highest BCUT2D eigenvalue weighted by Gasteiger charge is 2.12. The Morgan fingerprint density at radius 3 is 2.21 bits per heavy atom. The minimum Gasteiger partial charge on any atom is -0.494 e. The molecule has 4 aromatic rings. The van der Waals surface area contributed by atoms with Crippen LogP contribution in [0.2, 0.25) is 0 Å². The van der Waals surface area contributed by atoms with Gasteiger partial charge >= 0.3 is 0 Å². The van der Waals surface area contributed by atoms with Gasteiger partial charge in [0.15, 0.2) is 0 Å². The molecule has 1 aliphatic rings. The van der Waals surface area contributed by atoms with Gasteiger partial charge in [-0.15, -0.1) is 0 Å². The zero-order chi connectivity index (χ0) is 28.2.